The van der Waals surface area contributed by atoms with Gasteiger partial charge >= 0.3 is 0 Å². The summed E-state index contributed by atoms with van der Waals surface area (Å²) in [6, 6.07) is 6.90. The van der Waals surface area contributed by atoms with Gasteiger partial charge in [-0.3, -0.25) is 0 Å². The summed E-state index contributed by atoms with van der Waals surface area (Å²) >= 11 is 0. The molecule has 1 aromatic carbocycles. The third-order valence-electron chi connectivity index (χ3n) is 8.73. The Morgan fingerprint density at radius 3 is 2.72 bits per heavy atom. The highest BCUT2D eigenvalue weighted by Gasteiger charge is 2.67. The summed E-state index contributed by atoms with van der Waals surface area (Å²) in [4.78, 5) is 0. The summed E-state index contributed by atoms with van der Waals surface area (Å²) in [5.74, 6) is 3.00. The van der Waals surface area contributed by atoms with Crippen molar-refractivity contribution < 1.29 is 5.11 Å². The van der Waals surface area contributed by atoms with Gasteiger partial charge in [0.2, 0.25) is 0 Å². The molecule has 0 aliphatic heterocycles. The molecule has 4 aliphatic carbocycles. The van der Waals surface area contributed by atoms with Crippen LogP contribution >= 0.6 is 0 Å². The molecule has 0 aromatic heterocycles. The van der Waals surface area contributed by atoms with Crippen LogP contribution in [-0.4, -0.2) is 17.7 Å². The van der Waals surface area contributed by atoms with E-state index in [1.54, 1.807) is 0 Å². The van der Waals surface area contributed by atoms with E-state index in [1.807, 2.05) is 6.07 Å². The third-order valence-corrected chi connectivity index (χ3v) is 8.73. The van der Waals surface area contributed by atoms with Crippen molar-refractivity contribution in [1.29, 1.82) is 0 Å². The lowest BCUT2D eigenvalue weighted by molar-refractivity contribution is -0.0138. The Morgan fingerprint density at radius 2 is 1.96 bits per heavy atom. The van der Waals surface area contributed by atoms with Crippen LogP contribution in [0.5, 0.6) is 5.75 Å². The maximum absolute atomic E-state index is 10.3. The summed E-state index contributed by atoms with van der Waals surface area (Å²) < 4.78 is 0. The van der Waals surface area contributed by atoms with Gasteiger partial charge in [-0.2, -0.15) is 0 Å². The molecule has 3 saturated carbocycles. The molecule has 2 nitrogen and oxygen atoms in total. The van der Waals surface area contributed by atoms with Crippen molar-refractivity contribution in [3.05, 3.63) is 29.3 Å². The minimum absolute atomic E-state index is 0.276. The zero-order chi connectivity index (χ0) is 17.2. The van der Waals surface area contributed by atoms with Crippen molar-refractivity contribution in [2.75, 3.05) is 6.54 Å². The van der Waals surface area contributed by atoms with Crippen LogP contribution in [0.1, 0.15) is 69.9 Å². The molecular formula is C23H33NO. The molecule has 2 N–H and O–H groups in total. The molecule has 0 radical (unpaired) electrons. The van der Waals surface area contributed by atoms with Gasteiger partial charge in [-0.15, -0.1) is 0 Å². The summed E-state index contributed by atoms with van der Waals surface area (Å²) in [7, 11) is 0. The number of fused-ring (bicyclic) bond motifs is 1. The van der Waals surface area contributed by atoms with Gasteiger partial charge < -0.3 is 10.4 Å². The first kappa shape index (κ1) is 16.2. The van der Waals surface area contributed by atoms with Crippen molar-refractivity contribution in [2.45, 2.75) is 76.7 Å². The number of phenols is 1. The van der Waals surface area contributed by atoms with E-state index >= 15 is 0 Å². The van der Waals surface area contributed by atoms with E-state index in [9.17, 15) is 5.11 Å². The Hall–Kier alpha value is -1.02. The second-order valence-corrected chi connectivity index (χ2v) is 9.59. The van der Waals surface area contributed by atoms with Crippen molar-refractivity contribution in [3.8, 4) is 5.75 Å². The largest absolute Gasteiger partial charge is 0.508 e. The number of aromatic hydroxyl groups is 1. The van der Waals surface area contributed by atoms with Crippen LogP contribution in [-0.2, 0) is 11.8 Å². The normalized spacial score (nSPS) is 42.1. The maximum atomic E-state index is 10.3. The van der Waals surface area contributed by atoms with Crippen LogP contribution in [0.2, 0.25) is 0 Å². The number of hydrogen-bond donors (Lipinski definition) is 2. The average Bonchev–Trinajstić information content (AvgIpc) is 3.39. The van der Waals surface area contributed by atoms with Crippen LogP contribution < -0.4 is 5.32 Å². The zero-order valence-corrected chi connectivity index (χ0v) is 15.9. The number of rotatable bonds is 4. The van der Waals surface area contributed by atoms with Crippen LogP contribution in [0.4, 0.5) is 0 Å². The topological polar surface area (TPSA) is 32.3 Å². The van der Waals surface area contributed by atoms with Crippen molar-refractivity contribution in [1.82, 2.24) is 5.32 Å². The SMILES string of the molecule is CCC12c3cc(O)ccc3CC(NCC3CC3)C13CCC(C)C2CC3. The van der Waals surface area contributed by atoms with E-state index in [-0.39, 0.29) is 5.41 Å². The molecule has 25 heavy (non-hydrogen) atoms. The van der Waals surface area contributed by atoms with Crippen molar-refractivity contribution in [2.24, 2.45) is 23.2 Å². The molecule has 1 aromatic rings. The Labute approximate surface area is 152 Å². The molecule has 2 bridgehead atoms. The fourth-order valence-electron chi connectivity index (χ4n) is 7.46. The molecule has 4 aliphatic rings. The molecule has 136 valence electrons. The summed E-state index contributed by atoms with van der Waals surface area (Å²) in [6.07, 6.45) is 10.8. The predicted octanol–water partition coefficient (Wildman–Crippen LogP) is 4.79. The Bertz CT molecular complexity index is 681. The first-order valence-electron chi connectivity index (χ1n) is 10.7. The van der Waals surface area contributed by atoms with Crippen LogP contribution in [0, 0.1) is 23.2 Å². The highest BCUT2D eigenvalue weighted by atomic mass is 16.3. The van der Waals surface area contributed by atoms with E-state index in [0.717, 1.165) is 24.2 Å². The van der Waals surface area contributed by atoms with Gasteiger partial charge in [-0.1, -0.05) is 19.9 Å². The quantitative estimate of drug-likeness (QED) is 0.826. The van der Waals surface area contributed by atoms with E-state index < -0.39 is 0 Å². The first-order chi connectivity index (χ1) is 12.1. The van der Waals surface area contributed by atoms with Gasteiger partial charge in [0.25, 0.3) is 0 Å². The van der Waals surface area contributed by atoms with Gasteiger partial charge in [0.1, 0.15) is 5.75 Å². The molecule has 0 spiro atoms. The summed E-state index contributed by atoms with van der Waals surface area (Å²) in [5.41, 5.74) is 3.70. The van der Waals surface area contributed by atoms with Crippen LogP contribution in [0.3, 0.4) is 0 Å². The molecule has 0 amide bonds. The Morgan fingerprint density at radius 1 is 1.16 bits per heavy atom. The highest BCUT2D eigenvalue weighted by molar-refractivity contribution is 5.48. The molecule has 0 saturated heterocycles. The molecule has 5 atom stereocenters. The lowest BCUT2D eigenvalue weighted by Gasteiger charge is -2.61. The Balaban J connectivity index is 1.65. The summed E-state index contributed by atoms with van der Waals surface area (Å²) in [6.45, 7) is 6.13. The van der Waals surface area contributed by atoms with Gasteiger partial charge in [0.05, 0.1) is 0 Å². The van der Waals surface area contributed by atoms with Gasteiger partial charge in [0, 0.05) is 11.5 Å². The molecule has 5 rings (SSSR count). The number of phenolic OH excluding ortho intramolecular Hbond substituents is 1. The molecule has 5 unspecified atom stereocenters. The third kappa shape index (κ3) is 2.07. The number of benzene rings is 1. The zero-order valence-electron chi connectivity index (χ0n) is 15.9. The molecule has 2 heteroatoms. The summed E-state index contributed by atoms with van der Waals surface area (Å²) in [5, 5.41) is 14.3. The van der Waals surface area contributed by atoms with Crippen molar-refractivity contribution >= 4 is 0 Å². The first-order valence-corrected chi connectivity index (χ1v) is 10.7. The number of hydrogen-bond acceptors (Lipinski definition) is 2. The van der Waals surface area contributed by atoms with Gasteiger partial charge in [-0.05, 0) is 104 Å². The van der Waals surface area contributed by atoms with Gasteiger partial charge in [0.15, 0.2) is 0 Å². The van der Waals surface area contributed by atoms with E-state index in [1.165, 1.54) is 62.6 Å². The van der Waals surface area contributed by atoms with Crippen LogP contribution in [0.15, 0.2) is 18.2 Å². The highest BCUT2D eigenvalue weighted by Crippen LogP contribution is 2.70. The smallest absolute Gasteiger partial charge is 0.115 e. The van der Waals surface area contributed by atoms with Crippen molar-refractivity contribution in [3.63, 3.8) is 0 Å². The second-order valence-electron chi connectivity index (χ2n) is 9.59. The lowest BCUT2D eigenvalue weighted by Crippen LogP contribution is -2.63. The minimum atomic E-state index is 0.276. The molecule has 0 heterocycles. The second kappa shape index (κ2) is 5.49. The van der Waals surface area contributed by atoms with E-state index in [0.29, 0.717) is 17.2 Å². The fourth-order valence-corrected chi connectivity index (χ4v) is 7.46. The monoisotopic (exact) mass is 339 g/mol. The standard InChI is InChI=1S/C23H33NO/c1-3-23-19-9-11-22(23,10-8-15(19)2)21(24-14-16-4-5-16)12-17-6-7-18(25)13-20(17)23/h6-7,13,15-16,19,21,24-25H,3-5,8-12,14H2,1-2H3. The van der Waals surface area contributed by atoms with E-state index in [2.05, 4.69) is 31.3 Å². The lowest BCUT2D eigenvalue weighted by atomic mass is 9.45. The maximum Gasteiger partial charge on any atom is 0.115 e. The number of nitrogens with one attached hydrogen (secondary N) is 1. The molecular weight excluding hydrogens is 306 g/mol. The van der Waals surface area contributed by atoms with E-state index in [4.69, 9.17) is 0 Å². The van der Waals surface area contributed by atoms with Gasteiger partial charge in [-0.25, -0.2) is 0 Å². The minimum Gasteiger partial charge on any atom is -0.508 e. The fraction of sp³-hybridized carbons (Fsp3) is 0.739. The van der Waals surface area contributed by atoms with Crippen LogP contribution in [0.25, 0.3) is 0 Å². The average molecular weight is 340 g/mol. The molecule has 3 fully saturated rings. The Kier molecular flexibility index (Phi) is 3.55. The predicted molar refractivity (Wildman–Crippen MR) is 102 cm³/mol.